The number of hydrogen-bond donors (Lipinski definition) is 1. The first kappa shape index (κ1) is 12.0. The topological polar surface area (TPSA) is 15.3 Å². The average Bonchev–Trinajstić information content (AvgIpc) is 2.14. The molecule has 2 heteroatoms. The minimum atomic E-state index is 0.741. The molecule has 1 rings (SSSR count). The van der Waals surface area contributed by atoms with Crippen LogP contribution in [0.1, 0.15) is 40.0 Å². The van der Waals surface area contributed by atoms with Crippen molar-refractivity contribution in [1.29, 1.82) is 0 Å². The van der Waals surface area contributed by atoms with Gasteiger partial charge in [0.2, 0.25) is 0 Å². The van der Waals surface area contributed by atoms with Crippen molar-refractivity contribution in [3.05, 3.63) is 0 Å². The quantitative estimate of drug-likeness (QED) is 0.744. The molecule has 0 amide bonds. The average molecular weight is 198 g/mol. The maximum absolute atomic E-state index is 3.23. The summed E-state index contributed by atoms with van der Waals surface area (Å²) in [5, 5.41) is 3.23. The first-order valence-corrected chi connectivity index (χ1v) is 6.05. The summed E-state index contributed by atoms with van der Waals surface area (Å²) < 4.78 is 0. The number of hydrogen-bond acceptors (Lipinski definition) is 2. The van der Waals surface area contributed by atoms with Crippen LogP contribution in [0.25, 0.3) is 0 Å². The third-order valence-electron chi connectivity index (χ3n) is 3.57. The third-order valence-corrected chi connectivity index (χ3v) is 3.57. The van der Waals surface area contributed by atoms with Gasteiger partial charge in [0.15, 0.2) is 0 Å². The summed E-state index contributed by atoms with van der Waals surface area (Å²) in [7, 11) is 2.04. The molecule has 2 nitrogen and oxygen atoms in total. The van der Waals surface area contributed by atoms with E-state index in [1.54, 1.807) is 0 Å². The lowest BCUT2D eigenvalue weighted by molar-refractivity contribution is 0.0857. The van der Waals surface area contributed by atoms with Crippen LogP contribution in [0.5, 0.6) is 0 Å². The zero-order valence-electron chi connectivity index (χ0n) is 10.2. The van der Waals surface area contributed by atoms with E-state index < -0.39 is 0 Å². The Balaban J connectivity index is 2.35. The summed E-state index contributed by atoms with van der Waals surface area (Å²) in [6, 6.07) is 1.52. The van der Waals surface area contributed by atoms with Crippen LogP contribution in [0.3, 0.4) is 0 Å². The summed E-state index contributed by atoms with van der Waals surface area (Å²) in [6.07, 6.45) is 4.04. The molecular weight excluding hydrogens is 172 g/mol. The van der Waals surface area contributed by atoms with E-state index >= 15 is 0 Å². The number of piperidine rings is 1. The minimum Gasteiger partial charge on any atom is -0.320 e. The Hall–Kier alpha value is -0.0800. The molecule has 1 N–H and O–H groups in total. The lowest BCUT2D eigenvalue weighted by Gasteiger charge is -2.40. The van der Waals surface area contributed by atoms with Gasteiger partial charge in [-0.1, -0.05) is 6.92 Å². The molecule has 0 aliphatic carbocycles. The summed E-state index contributed by atoms with van der Waals surface area (Å²) in [4.78, 5) is 2.68. The van der Waals surface area contributed by atoms with Gasteiger partial charge >= 0.3 is 0 Å². The molecule has 0 aromatic carbocycles. The van der Waals surface area contributed by atoms with E-state index in [1.165, 1.54) is 25.8 Å². The summed E-state index contributed by atoms with van der Waals surface area (Å²) in [6.45, 7) is 9.56. The highest BCUT2D eigenvalue weighted by Crippen LogP contribution is 2.24. The van der Waals surface area contributed by atoms with Gasteiger partial charge in [0.1, 0.15) is 0 Å². The van der Waals surface area contributed by atoms with Crippen molar-refractivity contribution in [1.82, 2.24) is 10.2 Å². The highest BCUT2D eigenvalue weighted by atomic mass is 15.2. The van der Waals surface area contributed by atoms with Gasteiger partial charge in [-0.25, -0.2) is 0 Å². The summed E-state index contributed by atoms with van der Waals surface area (Å²) in [5.41, 5.74) is 0. The van der Waals surface area contributed by atoms with Crippen LogP contribution in [-0.4, -0.2) is 37.1 Å². The van der Waals surface area contributed by atoms with E-state index in [-0.39, 0.29) is 0 Å². The maximum Gasteiger partial charge on any atom is 0.00818 e. The van der Waals surface area contributed by atoms with E-state index in [0.717, 1.165) is 24.5 Å². The van der Waals surface area contributed by atoms with Gasteiger partial charge in [-0.15, -0.1) is 0 Å². The van der Waals surface area contributed by atoms with Gasteiger partial charge in [-0.2, -0.15) is 0 Å². The molecule has 1 aliphatic rings. The standard InChI is InChI=1S/C12H26N2/c1-10-6-8-14(12(3)9-10)11(2)5-7-13-4/h10-13H,5-9H2,1-4H3. The third kappa shape index (κ3) is 3.25. The van der Waals surface area contributed by atoms with Gasteiger partial charge in [-0.05, 0) is 59.2 Å². The van der Waals surface area contributed by atoms with Crippen molar-refractivity contribution >= 4 is 0 Å². The van der Waals surface area contributed by atoms with Crippen LogP contribution in [0.2, 0.25) is 0 Å². The Bertz CT molecular complexity index is 158. The van der Waals surface area contributed by atoms with Crippen molar-refractivity contribution in [2.75, 3.05) is 20.1 Å². The summed E-state index contributed by atoms with van der Waals surface area (Å²) in [5.74, 6) is 0.928. The lowest BCUT2D eigenvalue weighted by Crippen LogP contribution is -2.46. The molecule has 0 radical (unpaired) electrons. The predicted octanol–water partition coefficient (Wildman–Crippen LogP) is 2.10. The molecule has 1 fully saturated rings. The zero-order valence-corrected chi connectivity index (χ0v) is 10.2. The van der Waals surface area contributed by atoms with Crippen molar-refractivity contribution < 1.29 is 0 Å². The normalized spacial score (nSPS) is 31.7. The van der Waals surface area contributed by atoms with Crippen molar-refractivity contribution in [2.45, 2.75) is 52.1 Å². The van der Waals surface area contributed by atoms with Crippen LogP contribution in [0.15, 0.2) is 0 Å². The first-order chi connectivity index (χ1) is 6.65. The van der Waals surface area contributed by atoms with E-state index in [4.69, 9.17) is 0 Å². The van der Waals surface area contributed by atoms with Crippen molar-refractivity contribution in [2.24, 2.45) is 5.92 Å². The van der Waals surface area contributed by atoms with Crippen LogP contribution < -0.4 is 5.32 Å². The lowest BCUT2D eigenvalue weighted by atomic mass is 9.92. The van der Waals surface area contributed by atoms with Gasteiger partial charge in [-0.3, -0.25) is 4.90 Å². The van der Waals surface area contributed by atoms with E-state index in [9.17, 15) is 0 Å². The second kappa shape index (κ2) is 5.72. The van der Waals surface area contributed by atoms with Crippen LogP contribution in [-0.2, 0) is 0 Å². The van der Waals surface area contributed by atoms with Gasteiger partial charge in [0, 0.05) is 12.1 Å². The number of rotatable bonds is 4. The minimum absolute atomic E-state index is 0.741. The SMILES string of the molecule is CNCCC(C)N1CCC(C)CC1C. The monoisotopic (exact) mass is 198 g/mol. The number of nitrogens with zero attached hydrogens (tertiary/aromatic N) is 1. The molecule has 3 atom stereocenters. The molecule has 0 bridgehead atoms. The van der Waals surface area contributed by atoms with Gasteiger partial charge in [0.05, 0.1) is 0 Å². The molecule has 14 heavy (non-hydrogen) atoms. The fourth-order valence-electron chi connectivity index (χ4n) is 2.60. The Morgan fingerprint density at radius 3 is 2.71 bits per heavy atom. The second-order valence-corrected chi connectivity index (χ2v) is 4.96. The Labute approximate surface area is 89.1 Å². The summed E-state index contributed by atoms with van der Waals surface area (Å²) >= 11 is 0. The van der Waals surface area contributed by atoms with Gasteiger partial charge < -0.3 is 5.32 Å². The molecule has 0 aromatic rings. The molecular formula is C12H26N2. The maximum atomic E-state index is 3.23. The number of nitrogens with one attached hydrogen (secondary N) is 1. The fraction of sp³-hybridized carbons (Fsp3) is 1.00. The highest BCUT2D eigenvalue weighted by molar-refractivity contribution is 4.80. The Morgan fingerprint density at radius 2 is 2.14 bits per heavy atom. The largest absolute Gasteiger partial charge is 0.320 e. The molecule has 0 aromatic heterocycles. The molecule has 84 valence electrons. The van der Waals surface area contributed by atoms with Crippen LogP contribution >= 0.6 is 0 Å². The fourth-order valence-corrected chi connectivity index (χ4v) is 2.60. The van der Waals surface area contributed by atoms with Gasteiger partial charge in [0.25, 0.3) is 0 Å². The first-order valence-electron chi connectivity index (χ1n) is 6.05. The second-order valence-electron chi connectivity index (χ2n) is 4.96. The predicted molar refractivity (Wildman–Crippen MR) is 62.6 cm³/mol. The molecule has 1 saturated heterocycles. The molecule has 1 heterocycles. The smallest absolute Gasteiger partial charge is 0.00818 e. The van der Waals surface area contributed by atoms with Crippen molar-refractivity contribution in [3.63, 3.8) is 0 Å². The molecule has 1 aliphatic heterocycles. The zero-order chi connectivity index (χ0) is 10.6. The van der Waals surface area contributed by atoms with Crippen LogP contribution in [0.4, 0.5) is 0 Å². The molecule has 0 saturated carbocycles. The van der Waals surface area contributed by atoms with E-state index in [0.29, 0.717) is 0 Å². The molecule has 3 unspecified atom stereocenters. The number of likely N-dealkylation sites (tertiary alicyclic amines) is 1. The van der Waals surface area contributed by atoms with Crippen molar-refractivity contribution in [3.8, 4) is 0 Å². The molecule has 0 spiro atoms. The van der Waals surface area contributed by atoms with E-state index in [1.807, 2.05) is 7.05 Å². The highest BCUT2D eigenvalue weighted by Gasteiger charge is 2.25. The Morgan fingerprint density at radius 1 is 1.43 bits per heavy atom. The van der Waals surface area contributed by atoms with Crippen LogP contribution in [0, 0.1) is 5.92 Å². The van der Waals surface area contributed by atoms with E-state index in [2.05, 4.69) is 31.0 Å². The Kier molecular flexibility index (Phi) is 4.90.